The number of oxime groups is 1. The van der Waals surface area contributed by atoms with Gasteiger partial charge in [-0.2, -0.15) is 0 Å². The van der Waals surface area contributed by atoms with Crippen LogP contribution in [0.2, 0.25) is 0 Å². The Bertz CT molecular complexity index is 823. The zero-order valence-corrected chi connectivity index (χ0v) is 18.6. The molecule has 5 nitrogen and oxygen atoms in total. The van der Waals surface area contributed by atoms with Crippen molar-refractivity contribution < 1.29 is 14.3 Å². The Hall–Kier alpha value is -2.37. The van der Waals surface area contributed by atoms with Crippen LogP contribution in [0.25, 0.3) is 0 Å². The fourth-order valence-corrected chi connectivity index (χ4v) is 2.44. The number of benzene rings is 2. The molecule has 0 unspecified atom stereocenters. The fraction of sp³-hybridized carbons (Fsp3) is 0.318. The van der Waals surface area contributed by atoms with E-state index in [0.29, 0.717) is 24.7 Å². The SMILES string of the molecule is CON=C(CNc1ccc(Oc2ccc(OCC=C(Cl)Cl)cc2)cc1)C(C)(C)C. The van der Waals surface area contributed by atoms with Crippen LogP contribution in [0.3, 0.4) is 0 Å². The third-order valence-corrected chi connectivity index (χ3v) is 4.24. The molecular formula is C22H26Cl2N2O3. The lowest BCUT2D eigenvalue weighted by molar-refractivity contribution is 0.208. The van der Waals surface area contributed by atoms with Crippen molar-refractivity contribution in [2.24, 2.45) is 10.6 Å². The van der Waals surface area contributed by atoms with Gasteiger partial charge >= 0.3 is 0 Å². The largest absolute Gasteiger partial charge is 0.489 e. The minimum Gasteiger partial charge on any atom is -0.489 e. The van der Waals surface area contributed by atoms with Crippen molar-refractivity contribution in [1.82, 2.24) is 0 Å². The summed E-state index contributed by atoms with van der Waals surface area (Å²) in [4.78, 5) is 4.95. The minimum atomic E-state index is -0.0749. The lowest BCUT2D eigenvalue weighted by Crippen LogP contribution is -2.28. The topological polar surface area (TPSA) is 52.1 Å². The first kappa shape index (κ1) is 22.9. The monoisotopic (exact) mass is 436 g/mol. The van der Waals surface area contributed by atoms with Gasteiger partial charge < -0.3 is 19.6 Å². The average Bonchev–Trinajstić information content (AvgIpc) is 2.66. The Morgan fingerprint density at radius 1 is 0.966 bits per heavy atom. The molecule has 7 heteroatoms. The zero-order valence-electron chi connectivity index (χ0n) is 17.0. The molecule has 2 aromatic rings. The molecule has 1 N–H and O–H groups in total. The third kappa shape index (κ3) is 8.26. The number of rotatable bonds is 9. The van der Waals surface area contributed by atoms with Crippen molar-refractivity contribution in [2.75, 3.05) is 25.6 Å². The van der Waals surface area contributed by atoms with Gasteiger partial charge in [0, 0.05) is 11.1 Å². The Morgan fingerprint density at radius 2 is 1.52 bits per heavy atom. The average molecular weight is 437 g/mol. The molecule has 0 atom stereocenters. The van der Waals surface area contributed by atoms with Crippen molar-refractivity contribution in [3.8, 4) is 17.2 Å². The second kappa shape index (κ2) is 11.0. The molecule has 0 spiro atoms. The normalized spacial score (nSPS) is 11.6. The first-order valence-corrected chi connectivity index (χ1v) is 9.90. The molecule has 0 aliphatic carbocycles. The Kier molecular flexibility index (Phi) is 8.68. The predicted octanol–water partition coefficient (Wildman–Crippen LogP) is 6.64. The molecule has 2 aromatic carbocycles. The lowest BCUT2D eigenvalue weighted by Gasteiger charge is -2.21. The maximum atomic E-state index is 5.87. The summed E-state index contributed by atoms with van der Waals surface area (Å²) in [6.45, 7) is 7.21. The second-order valence-corrected chi connectivity index (χ2v) is 8.23. The van der Waals surface area contributed by atoms with E-state index in [-0.39, 0.29) is 9.91 Å². The van der Waals surface area contributed by atoms with Crippen LogP contribution in [0, 0.1) is 5.41 Å². The van der Waals surface area contributed by atoms with Gasteiger partial charge in [-0.1, -0.05) is 49.1 Å². The van der Waals surface area contributed by atoms with Crippen molar-refractivity contribution >= 4 is 34.6 Å². The molecule has 0 fully saturated rings. The maximum Gasteiger partial charge on any atom is 0.127 e. The Balaban J connectivity index is 1.90. The molecule has 0 heterocycles. The first-order chi connectivity index (χ1) is 13.8. The van der Waals surface area contributed by atoms with E-state index in [2.05, 4.69) is 31.2 Å². The van der Waals surface area contributed by atoms with Gasteiger partial charge in [0.25, 0.3) is 0 Å². The van der Waals surface area contributed by atoms with Gasteiger partial charge in [0.05, 0.1) is 12.3 Å². The summed E-state index contributed by atoms with van der Waals surface area (Å²) >= 11 is 11.1. The van der Waals surface area contributed by atoms with Crippen LogP contribution in [0.1, 0.15) is 20.8 Å². The van der Waals surface area contributed by atoms with Gasteiger partial charge in [-0.15, -0.1) is 0 Å². The Labute approximate surface area is 182 Å². The number of hydrogen-bond acceptors (Lipinski definition) is 5. The lowest BCUT2D eigenvalue weighted by atomic mass is 9.90. The van der Waals surface area contributed by atoms with Crippen LogP contribution in [0.15, 0.2) is 64.3 Å². The molecule has 0 aromatic heterocycles. The summed E-state index contributed by atoms with van der Waals surface area (Å²) in [6, 6.07) is 15.1. The van der Waals surface area contributed by atoms with Crippen molar-refractivity contribution in [1.29, 1.82) is 0 Å². The molecular weight excluding hydrogens is 411 g/mol. The number of hydrogen-bond donors (Lipinski definition) is 1. The van der Waals surface area contributed by atoms with Crippen molar-refractivity contribution in [3.63, 3.8) is 0 Å². The predicted molar refractivity (Wildman–Crippen MR) is 121 cm³/mol. The fourth-order valence-electron chi connectivity index (χ4n) is 2.31. The van der Waals surface area contributed by atoms with Crippen LogP contribution >= 0.6 is 23.2 Å². The van der Waals surface area contributed by atoms with Crippen LogP contribution in [0.5, 0.6) is 17.2 Å². The summed E-state index contributed by atoms with van der Waals surface area (Å²) in [7, 11) is 1.56. The summed E-state index contributed by atoms with van der Waals surface area (Å²) < 4.78 is 11.5. The van der Waals surface area contributed by atoms with Gasteiger partial charge in [-0.05, 0) is 54.6 Å². The summed E-state index contributed by atoms with van der Waals surface area (Å²) in [5, 5.41) is 7.48. The van der Waals surface area contributed by atoms with Crippen LogP contribution in [-0.4, -0.2) is 26.0 Å². The number of ether oxygens (including phenoxy) is 2. The van der Waals surface area contributed by atoms with Gasteiger partial charge in [0.1, 0.15) is 35.5 Å². The molecule has 0 amide bonds. The summed E-state index contributed by atoms with van der Waals surface area (Å²) in [5.41, 5.74) is 1.83. The Morgan fingerprint density at radius 3 is 2.03 bits per heavy atom. The van der Waals surface area contributed by atoms with Gasteiger partial charge in [0.15, 0.2) is 0 Å². The molecule has 0 radical (unpaired) electrons. The van der Waals surface area contributed by atoms with E-state index >= 15 is 0 Å². The van der Waals surface area contributed by atoms with Gasteiger partial charge in [-0.3, -0.25) is 0 Å². The van der Waals surface area contributed by atoms with Crippen LogP contribution in [0.4, 0.5) is 5.69 Å². The van der Waals surface area contributed by atoms with E-state index in [0.717, 1.165) is 17.1 Å². The molecule has 29 heavy (non-hydrogen) atoms. The van der Waals surface area contributed by atoms with E-state index in [9.17, 15) is 0 Å². The van der Waals surface area contributed by atoms with E-state index < -0.39 is 0 Å². The molecule has 0 bridgehead atoms. The number of nitrogens with zero attached hydrogens (tertiary/aromatic N) is 1. The highest BCUT2D eigenvalue weighted by Gasteiger charge is 2.19. The highest BCUT2D eigenvalue weighted by molar-refractivity contribution is 6.55. The highest BCUT2D eigenvalue weighted by Crippen LogP contribution is 2.25. The highest BCUT2D eigenvalue weighted by atomic mass is 35.5. The number of halogens is 2. The molecule has 0 aliphatic rings. The zero-order chi connectivity index (χ0) is 21.3. The number of anilines is 1. The first-order valence-electron chi connectivity index (χ1n) is 9.14. The van der Waals surface area contributed by atoms with E-state index in [4.69, 9.17) is 37.5 Å². The van der Waals surface area contributed by atoms with E-state index in [1.54, 1.807) is 13.2 Å². The number of nitrogens with one attached hydrogen (secondary N) is 1. The van der Waals surface area contributed by atoms with Crippen molar-refractivity contribution in [3.05, 3.63) is 59.1 Å². The molecule has 0 saturated heterocycles. The summed E-state index contributed by atoms with van der Waals surface area (Å²) in [6.07, 6.45) is 1.58. The standard InChI is InChI=1S/C22H26Cl2N2O3/c1-22(2,3)20(26-27-4)15-25-16-5-7-18(8-6-16)29-19-11-9-17(10-12-19)28-14-13-21(23)24/h5-13,25H,14-15H2,1-4H3. The molecule has 2 rings (SSSR count). The van der Waals surface area contributed by atoms with Gasteiger partial charge in [0.2, 0.25) is 0 Å². The van der Waals surface area contributed by atoms with Crippen molar-refractivity contribution in [2.45, 2.75) is 20.8 Å². The van der Waals surface area contributed by atoms with Gasteiger partial charge in [-0.25, -0.2) is 0 Å². The smallest absolute Gasteiger partial charge is 0.127 e. The molecule has 156 valence electrons. The molecule has 0 aliphatic heterocycles. The molecule has 0 saturated carbocycles. The second-order valence-electron chi connectivity index (χ2n) is 7.23. The van der Waals surface area contributed by atoms with Crippen LogP contribution in [-0.2, 0) is 4.84 Å². The quantitative estimate of drug-likeness (QED) is 0.353. The minimum absolute atomic E-state index is 0.0749. The summed E-state index contributed by atoms with van der Waals surface area (Å²) in [5.74, 6) is 2.16. The van der Waals surface area contributed by atoms with Crippen LogP contribution < -0.4 is 14.8 Å². The maximum absolute atomic E-state index is 5.87. The third-order valence-electron chi connectivity index (χ3n) is 3.93. The van der Waals surface area contributed by atoms with E-state index in [1.165, 1.54) is 0 Å². The van der Waals surface area contributed by atoms with E-state index in [1.807, 2.05) is 48.5 Å².